The van der Waals surface area contributed by atoms with Gasteiger partial charge in [0.15, 0.2) is 12.4 Å². The number of esters is 1. The van der Waals surface area contributed by atoms with Gasteiger partial charge in [-0.2, -0.15) is 0 Å². The van der Waals surface area contributed by atoms with E-state index in [1.165, 1.54) is 0 Å². The fourth-order valence-electron chi connectivity index (χ4n) is 2.99. The van der Waals surface area contributed by atoms with E-state index in [9.17, 15) is 4.79 Å². The molecule has 0 N–H and O–H groups in total. The molecule has 0 aliphatic carbocycles. The Labute approximate surface area is 124 Å². The van der Waals surface area contributed by atoms with Crippen LogP contribution in [0.25, 0.3) is 0 Å². The molecule has 2 fully saturated rings. The van der Waals surface area contributed by atoms with Crippen molar-refractivity contribution in [1.29, 1.82) is 0 Å². The van der Waals surface area contributed by atoms with Crippen LogP contribution < -0.4 is 0 Å². The van der Waals surface area contributed by atoms with E-state index in [0.717, 1.165) is 5.56 Å². The van der Waals surface area contributed by atoms with E-state index in [0.29, 0.717) is 6.61 Å². The lowest BCUT2D eigenvalue weighted by atomic mass is 9.92. The first kappa shape index (κ1) is 14.5. The molecule has 0 spiro atoms. The van der Waals surface area contributed by atoms with E-state index in [2.05, 4.69) is 0 Å². The van der Waals surface area contributed by atoms with Crippen LogP contribution in [0.2, 0.25) is 0 Å². The lowest BCUT2D eigenvalue weighted by Gasteiger charge is -2.40. The Kier molecular flexibility index (Phi) is 4.24. The predicted molar refractivity (Wildman–Crippen MR) is 74.4 cm³/mol. The lowest BCUT2D eigenvalue weighted by Crippen LogP contribution is -2.53. The van der Waals surface area contributed by atoms with Gasteiger partial charge in [-0.1, -0.05) is 37.3 Å². The molecule has 21 heavy (non-hydrogen) atoms. The average molecular weight is 292 g/mol. The predicted octanol–water partition coefficient (Wildman–Crippen LogP) is 1.89. The molecule has 0 radical (unpaired) electrons. The van der Waals surface area contributed by atoms with Crippen molar-refractivity contribution in [1.82, 2.24) is 0 Å². The molecular formula is C16H20O5. The summed E-state index contributed by atoms with van der Waals surface area (Å²) in [7, 11) is 1.60. The van der Waals surface area contributed by atoms with Gasteiger partial charge in [-0.15, -0.1) is 0 Å². The second-order valence-corrected chi connectivity index (χ2v) is 5.56. The smallest absolute Gasteiger partial charge is 0.309 e. The number of rotatable bonds is 4. The second-order valence-electron chi connectivity index (χ2n) is 5.56. The highest BCUT2D eigenvalue weighted by Gasteiger charge is 2.51. The summed E-state index contributed by atoms with van der Waals surface area (Å²) in [4.78, 5) is 11.5. The number of methoxy groups -OCH3 is 1. The molecule has 0 aromatic heterocycles. The van der Waals surface area contributed by atoms with E-state index in [4.69, 9.17) is 18.9 Å². The van der Waals surface area contributed by atoms with Crippen molar-refractivity contribution in [2.75, 3.05) is 7.11 Å². The van der Waals surface area contributed by atoms with Gasteiger partial charge in [-0.3, -0.25) is 4.79 Å². The van der Waals surface area contributed by atoms with Gasteiger partial charge in [0.1, 0.15) is 12.2 Å². The minimum Gasteiger partial charge on any atom is -0.457 e. The number of hydrogen-bond acceptors (Lipinski definition) is 5. The first-order valence-electron chi connectivity index (χ1n) is 7.22. The average Bonchev–Trinajstić information content (AvgIpc) is 2.87. The molecule has 2 aliphatic heterocycles. The van der Waals surface area contributed by atoms with Crippen LogP contribution in [0.1, 0.15) is 18.9 Å². The van der Waals surface area contributed by atoms with Gasteiger partial charge < -0.3 is 18.9 Å². The first-order chi connectivity index (χ1) is 10.2. The van der Waals surface area contributed by atoms with Crippen LogP contribution in [-0.2, 0) is 30.3 Å². The minimum atomic E-state index is -0.374. The Morgan fingerprint density at radius 3 is 2.76 bits per heavy atom. The summed E-state index contributed by atoms with van der Waals surface area (Å²) in [6.07, 6.45) is -0.952. The Morgan fingerprint density at radius 1 is 1.29 bits per heavy atom. The highest BCUT2D eigenvalue weighted by atomic mass is 16.7. The molecule has 5 heteroatoms. The van der Waals surface area contributed by atoms with Crippen LogP contribution in [0, 0.1) is 5.92 Å². The summed E-state index contributed by atoms with van der Waals surface area (Å²) in [6.45, 7) is 2.47. The van der Waals surface area contributed by atoms with Crippen LogP contribution in [0.4, 0.5) is 0 Å². The second kappa shape index (κ2) is 6.13. The van der Waals surface area contributed by atoms with Crippen molar-refractivity contribution in [3.8, 4) is 0 Å². The summed E-state index contributed by atoms with van der Waals surface area (Å²) < 4.78 is 22.6. The van der Waals surface area contributed by atoms with Crippen molar-refractivity contribution in [2.24, 2.45) is 5.92 Å². The maximum atomic E-state index is 11.5. The topological polar surface area (TPSA) is 54.0 Å². The van der Waals surface area contributed by atoms with E-state index in [1.54, 1.807) is 7.11 Å². The fourth-order valence-corrected chi connectivity index (χ4v) is 2.99. The third-order valence-corrected chi connectivity index (χ3v) is 4.10. The number of hydrogen-bond donors (Lipinski definition) is 0. The van der Waals surface area contributed by atoms with Crippen LogP contribution in [0.3, 0.4) is 0 Å². The van der Waals surface area contributed by atoms with Crippen molar-refractivity contribution in [2.45, 2.75) is 44.6 Å². The third kappa shape index (κ3) is 2.95. The number of ether oxygens (including phenoxy) is 4. The van der Waals surface area contributed by atoms with Crippen molar-refractivity contribution >= 4 is 5.97 Å². The molecule has 0 bridgehead atoms. The third-order valence-electron chi connectivity index (χ3n) is 4.10. The molecule has 2 saturated heterocycles. The van der Waals surface area contributed by atoms with E-state index >= 15 is 0 Å². The Hall–Kier alpha value is -1.43. The van der Waals surface area contributed by atoms with Gasteiger partial charge in [0.2, 0.25) is 0 Å². The summed E-state index contributed by atoms with van der Waals surface area (Å²) in [6, 6.07) is 9.94. The summed E-state index contributed by atoms with van der Waals surface area (Å²) >= 11 is 0. The molecule has 3 rings (SSSR count). The Morgan fingerprint density at radius 2 is 2.05 bits per heavy atom. The van der Waals surface area contributed by atoms with Crippen LogP contribution in [-0.4, -0.2) is 37.7 Å². The number of benzene rings is 1. The zero-order chi connectivity index (χ0) is 14.8. The summed E-state index contributed by atoms with van der Waals surface area (Å²) in [5, 5.41) is 0. The lowest BCUT2D eigenvalue weighted by molar-refractivity contribution is -0.266. The minimum absolute atomic E-state index is 0.00846. The van der Waals surface area contributed by atoms with Crippen LogP contribution >= 0.6 is 0 Å². The maximum Gasteiger partial charge on any atom is 0.309 e. The summed E-state index contributed by atoms with van der Waals surface area (Å²) in [5.74, 6) is -0.242. The zero-order valence-electron chi connectivity index (χ0n) is 12.2. The SMILES string of the molecule is CO[C@H]1O[C@@H]2CC(=O)O[C@H]2[C@@H](OCc2ccccc2)[C@@H]1C. The van der Waals surface area contributed by atoms with Crippen molar-refractivity contribution in [3.05, 3.63) is 35.9 Å². The van der Waals surface area contributed by atoms with Crippen LogP contribution in [0.15, 0.2) is 30.3 Å². The van der Waals surface area contributed by atoms with E-state index in [1.807, 2.05) is 37.3 Å². The Balaban J connectivity index is 1.72. The molecule has 1 aromatic rings. The molecular weight excluding hydrogens is 272 g/mol. The summed E-state index contributed by atoms with van der Waals surface area (Å²) in [5.41, 5.74) is 1.09. The van der Waals surface area contributed by atoms with E-state index < -0.39 is 0 Å². The molecule has 1 aromatic carbocycles. The molecule has 5 atom stereocenters. The highest BCUT2D eigenvalue weighted by molar-refractivity contribution is 5.72. The van der Waals surface area contributed by atoms with Gasteiger partial charge >= 0.3 is 5.97 Å². The number of carbonyl (C=O) groups excluding carboxylic acids is 1. The molecule has 0 saturated carbocycles. The molecule has 0 unspecified atom stereocenters. The maximum absolute atomic E-state index is 11.5. The molecule has 114 valence electrons. The highest BCUT2D eigenvalue weighted by Crippen LogP contribution is 2.36. The standard InChI is InChI=1S/C16H20O5/c1-10-14(19-9-11-6-4-3-5-7-11)15-12(8-13(17)21-15)20-16(10)18-2/h3-7,10,12,14-16H,8-9H2,1-2H3/t10-,12+,14-,15+,16-/m0/s1. The number of fused-ring (bicyclic) bond motifs is 1. The van der Waals surface area contributed by atoms with Crippen LogP contribution in [0.5, 0.6) is 0 Å². The van der Waals surface area contributed by atoms with E-state index in [-0.39, 0.29) is 42.9 Å². The van der Waals surface area contributed by atoms with Gasteiger partial charge in [0.25, 0.3) is 0 Å². The normalized spacial score (nSPS) is 35.3. The van der Waals surface area contributed by atoms with Gasteiger partial charge in [0, 0.05) is 13.0 Å². The first-order valence-corrected chi connectivity index (χ1v) is 7.22. The van der Waals surface area contributed by atoms with Crippen molar-refractivity contribution in [3.63, 3.8) is 0 Å². The van der Waals surface area contributed by atoms with Gasteiger partial charge in [-0.25, -0.2) is 0 Å². The zero-order valence-corrected chi connectivity index (χ0v) is 12.2. The molecule has 0 amide bonds. The van der Waals surface area contributed by atoms with Crippen molar-refractivity contribution < 1.29 is 23.7 Å². The van der Waals surface area contributed by atoms with Gasteiger partial charge in [0.05, 0.1) is 13.0 Å². The molecule has 2 heterocycles. The Bertz CT molecular complexity index is 489. The molecule has 5 nitrogen and oxygen atoms in total. The fraction of sp³-hybridized carbons (Fsp3) is 0.562. The largest absolute Gasteiger partial charge is 0.457 e. The number of carbonyl (C=O) groups is 1. The quantitative estimate of drug-likeness (QED) is 0.793. The van der Waals surface area contributed by atoms with Gasteiger partial charge in [-0.05, 0) is 5.56 Å². The monoisotopic (exact) mass is 292 g/mol. The molecule has 2 aliphatic rings.